The van der Waals surface area contributed by atoms with Gasteiger partial charge in [-0.25, -0.2) is 9.97 Å². The van der Waals surface area contributed by atoms with E-state index < -0.39 is 0 Å². The lowest BCUT2D eigenvalue weighted by Crippen LogP contribution is -2.39. The number of ether oxygens (including phenoxy) is 2. The lowest BCUT2D eigenvalue weighted by molar-refractivity contribution is 0.162. The highest BCUT2D eigenvalue weighted by Crippen LogP contribution is 2.35. The first-order chi connectivity index (χ1) is 10.8. The summed E-state index contributed by atoms with van der Waals surface area (Å²) in [6.07, 6.45) is 5.28. The molecule has 4 heterocycles. The van der Waals surface area contributed by atoms with Crippen LogP contribution in [0.5, 0.6) is 5.88 Å². The first-order valence-corrected chi connectivity index (χ1v) is 8.29. The smallest absolute Gasteiger partial charge is 0.218 e. The Hall–Kier alpha value is -1.40. The average Bonchev–Trinajstić information content (AvgIpc) is 3.26. The Labute approximate surface area is 131 Å². The molecule has 3 aliphatic rings. The zero-order valence-electron chi connectivity index (χ0n) is 13.1. The maximum Gasteiger partial charge on any atom is 0.218 e. The number of likely N-dealkylation sites (tertiary alicyclic amines) is 1. The van der Waals surface area contributed by atoms with Gasteiger partial charge in [-0.15, -0.1) is 0 Å². The predicted octanol–water partition coefficient (Wildman–Crippen LogP) is 1.17. The van der Waals surface area contributed by atoms with Gasteiger partial charge in [0.05, 0.1) is 13.7 Å². The predicted molar refractivity (Wildman–Crippen MR) is 83.2 cm³/mol. The molecule has 0 spiro atoms. The lowest BCUT2D eigenvalue weighted by atomic mass is 10.1. The molecule has 0 radical (unpaired) electrons. The molecule has 0 bridgehead atoms. The minimum absolute atomic E-state index is 0.585. The molecule has 22 heavy (non-hydrogen) atoms. The minimum Gasteiger partial charge on any atom is -0.481 e. The van der Waals surface area contributed by atoms with E-state index >= 15 is 0 Å². The second-order valence-corrected chi connectivity index (χ2v) is 6.55. The van der Waals surface area contributed by atoms with Crippen LogP contribution in [-0.2, 0) is 4.74 Å². The number of fused-ring (bicyclic) bond motifs is 1. The molecular weight excluding hydrogens is 280 g/mol. The molecule has 4 rings (SSSR count). The van der Waals surface area contributed by atoms with Crippen molar-refractivity contribution in [1.29, 1.82) is 0 Å². The van der Waals surface area contributed by atoms with Crippen molar-refractivity contribution < 1.29 is 9.47 Å². The summed E-state index contributed by atoms with van der Waals surface area (Å²) < 4.78 is 10.8. The molecule has 3 aliphatic heterocycles. The average molecular weight is 304 g/mol. The third kappa shape index (κ3) is 2.54. The van der Waals surface area contributed by atoms with Gasteiger partial charge in [-0.05, 0) is 25.2 Å². The van der Waals surface area contributed by atoms with Crippen LogP contribution in [0.1, 0.15) is 19.3 Å². The normalized spacial score (nSPS) is 31.7. The van der Waals surface area contributed by atoms with Gasteiger partial charge in [0.15, 0.2) is 0 Å². The van der Waals surface area contributed by atoms with E-state index in [0.717, 1.165) is 31.5 Å². The highest BCUT2D eigenvalue weighted by atomic mass is 16.5. The number of nitrogens with zero attached hydrogens (tertiary/aromatic N) is 4. The molecule has 3 atom stereocenters. The van der Waals surface area contributed by atoms with Gasteiger partial charge < -0.3 is 14.4 Å². The quantitative estimate of drug-likeness (QED) is 0.832. The van der Waals surface area contributed by atoms with Crippen LogP contribution in [0.25, 0.3) is 0 Å². The Bertz CT molecular complexity index is 521. The zero-order chi connectivity index (χ0) is 14.9. The first-order valence-electron chi connectivity index (χ1n) is 8.29. The topological polar surface area (TPSA) is 50.7 Å². The van der Waals surface area contributed by atoms with Crippen molar-refractivity contribution in [1.82, 2.24) is 14.9 Å². The van der Waals surface area contributed by atoms with Crippen molar-refractivity contribution in [2.45, 2.75) is 31.3 Å². The number of rotatable bonds is 4. The van der Waals surface area contributed by atoms with Gasteiger partial charge in [-0.3, -0.25) is 4.90 Å². The van der Waals surface area contributed by atoms with E-state index in [2.05, 4.69) is 19.8 Å². The van der Waals surface area contributed by atoms with Crippen LogP contribution in [0.4, 0.5) is 5.82 Å². The van der Waals surface area contributed by atoms with Crippen molar-refractivity contribution in [2.75, 3.05) is 44.9 Å². The van der Waals surface area contributed by atoms with Crippen LogP contribution in [0.15, 0.2) is 12.4 Å². The molecular formula is C16H24N4O2. The Kier molecular flexibility index (Phi) is 3.88. The van der Waals surface area contributed by atoms with Gasteiger partial charge in [-0.2, -0.15) is 0 Å². The molecule has 1 aromatic rings. The van der Waals surface area contributed by atoms with Gasteiger partial charge in [0.25, 0.3) is 0 Å². The number of hydrogen-bond donors (Lipinski definition) is 0. The van der Waals surface area contributed by atoms with Crippen LogP contribution in [0.2, 0.25) is 0 Å². The summed E-state index contributed by atoms with van der Waals surface area (Å²) in [5, 5.41) is 0. The second-order valence-electron chi connectivity index (χ2n) is 6.55. The molecule has 0 aliphatic carbocycles. The van der Waals surface area contributed by atoms with Gasteiger partial charge in [0.2, 0.25) is 5.88 Å². The maximum atomic E-state index is 5.53. The Morgan fingerprint density at radius 2 is 2.14 bits per heavy atom. The summed E-state index contributed by atoms with van der Waals surface area (Å²) in [5.41, 5.74) is 0. The third-order valence-electron chi connectivity index (χ3n) is 5.34. The van der Waals surface area contributed by atoms with Crippen LogP contribution in [0.3, 0.4) is 0 Å². The summed E-state index contributed by atoms with van der Waals surface area (Å²) >= 11 is 0. The largest absolute Gasteiger partial charge is 0.481 e. The van der Waals surface area contributed by atoms with Crippen LogP contribution < -0.4 is 9.64 Å². The van der Waals surface area contributed by atoms with E-state index in [9.17, 15) is 0 Å². The van der Waals surface area contributed by atoms with Crippen molar-refractivity contribution in [2.24, 2.45) is 5.92 Å². The Morgan fingerprint density at radius 3 is 2.95 bits per heavy atom. The molecule has 3 saturated heterocycles. The molecule has 120 valence electrons. The molecule has 0 saturated carbocycles. The fourth-order valence-corrected chi connectivity index (χ4v) is 4.24. The molecule has 6 nitrogen and oxygen atoms in total. The fraction of sp³-hybridized carbons (Fsp3) is 0.750. The molecule has 3 fully saturated rings. The molecule has 1 unspecified atom stereocenters. The first kappa shape index (κ1) is 14.2. The molecule has 0 N–H and O–H groups in total. The monoisotopic (exact) mass is 304 g/mol. The third-order valence-corrected chi connectivity index (χ3v) is 5.34. The van der Waals surface area contributed by atoms with E-state index in [0.29, 0.717) is 18.0 Å². The summed E-state index contributed by atoms with van der Waals surface area (Å²) in [7, 11) is 1.65. The fourth-order valence-electron chi connectivity index (χ4n) is 4.24. The van der Waals surface area contributed by atoms with Crippen molar-refractivity contribution in [3.63, 3.8) is 0 Å². The van der Waals surface area contributed by atoms with Crippen LogP contribution in [-0.4, -0.2) is 66.9 Å². The van der Waals surface area contributed by atoms with Crippen molar-refractivity contribution >= 4 is 5.82 Å². The summed E-state index contributed by atoms with van der Waals surface area (Å²) in [5.74, 6) is 2.38. The number of anilines is 1. The number of methoxy groups -OCH3 is 1. The number of aromatic nitrogens is 2. The van der Waals surface area contributed by atoms with Crippen molar-refractivity contribution in [3.05, 3.63) is 12.4 Å². The molecule has 0 amide bonds. The zero-order valence-corrected chi connectivity index (χ0v) is 13.1. The standard InChI is InChI=1S/C16H24N4O2/c1-21-16-8-15(17-11-18-16)20-6-3-13-14(20)2-5-19(13)9-12-4-7-22-10-12/h8,11-14H,2-7,9-10H2,1H3/t12?,13-,14+/m1/s1. The maximum absolute atomic E-state index is 5.53. The van der Waals surface area contributed by atoms with E-state index in [1.807, 2.05) is 6.07 Å². The second kappa shape index (κ2) is 6.01. The van der Waals surface area contributed by atoms with Gasteiger partial charge in [0, 0.05) is 44.4 Å². The highest BCUT2D eigenvalue weighted by Gasteiger charge is 2.43. The van der Waals surface area contributed by atoms with E-state index in [1.165, 1.54) is 32.4 Å². The lowest BCUT2D eigenvalue weighted by Gasteiger charge is -2.27. The summed E-state index contributed by atoms with van der Waals surface area (Å²) in [6, 6.07) is 3.21. The van der Waals surface area contributed by atoms with Crippen LogP contribution >= 0.6 is 0 Å². The van der Waals surface area contributed by atoms with Gasteiger partial charge in [-0.1, -0.05) is 0 Å². The van der Waals surface area contributed by atoms with Crippen molar-refractivity contribution in [3.8, 4) is 5.88 Å². The highest BCUT2D eigenvalue weighted by molar-refractivity contribution is 5.44. The van der Waals surface area contributed by atoms with E-state index in [1.54, 1.807) is 13.4 Å². The Morgan fingerprint density at radius 1 is 1.23 bits per heavy atom. The molecule has 0 aromatic carbocycles. The summed E-state index contributed by atoms with van der Waals surface area (Å²) in [4.78, 5) is 13.7. The van der Waals surface area contributed by atoms with E-state index in [4.69, 9.17) is 9.47 Å². The number of hydrogen-bond acceptors (Lipinski definition) is 6. The Balaban J connectivity index is 1.45. The molecule has 1 aromatic heterocycles. The molecule has 6 heteroatoms. The van der Waals surface area contributed by atoms with Gasteiger partial charge in [0.1, 0.15) is 12.1 Å². The van der Waals surface area contributed by atoms with Crippen LogP contribution in [0, 0.1) is 5.92 Å². The SMILES string of the molecule is COc1cc(N2CC[C@@H]3[C@@H]2CCN3CC2CCOC2)ncn1. The summed E-state index contributed by atoms with van der Waals surface area (Å²) in [6.45, 7) is 5.36. The minimum atomic E-state index is 0.585. The van der Waals surface area contributed by atoms with E-state index in [-0.39, 0.29) is 0 Å². The van der Waals surface area contributed by atoms with Gasteiger partial charge >= 0.3 is 0 Å².